The number of amides is 1. The molecule has 2 atom stereocenters. The fraction of sp³-hybridized carbons (Fsp3) is 0.583. The van der Waals surface area contributed by atoms with E-state index in [9.17, 15) is 4.79 Å². The van der Waals surface area contributed by atoms with Crippen molar-refractivity contribution in [3.63, 3.8) is 0 Å². The summed E-state index contributed by atoms with van der Waals surface area (Å²) in [6, 6.07) is 1.80. The number of nitrogens with two attached hydrogens (primary N) is 1. The second-order valence-corrected chi connectivity index (χ2v) is 5.09. The molecule has 1 aliphatic rings. The van der Waals surface area contributed by atoms with Gasteiger partial charge in [-0.2, -0.15) is 0 Å². The maximum Gasteiger partial charge on any atom is 0.270 e. The van der Waals surface area contributed by atoms with E-state index in [-0.39, 0.29) is 24.4 Å². The van der Waals surface area contributed by atoms with Crippen LogP contribution in [0.1, 0.15) is 30.3 Å². The number of likely N-dealkylation sites (tertiary alicyclic amines) is 1. The number of hydrogen-bond donors (Lipinski definition) is 2. The molecule has 2 heterocycles. The minimum absolute atomic E-state index is 0. The molecule has 18 heavy (non-hydrogen) atoms. The lowest BCUT2D eigenvalue weighted by molar-refractivity contribution is 0.0527. The highest BCUT2D eigenvalue weighted by Crippen LogP contribution is 2.24. The van der Waals surface area contributed by atoms with Gasteiger partial charge in [0.1, 0.15) is 5.69 Å². The van der Waals surface area contributed by atoms with Crippen molar-refractivity contribution < 1.29 is 4.79 Å². The van der Waals surface area contributed by atoms with Gasteiger partial charge >= 0.3 is 0 Å². The number of nitrogens with one attached hydrogen (secondary N) is 1. The smallest absolute Gasteiger partial charge is 0.270 e. The zero-order chi connectivity index (χ0) is 12.4. The summed E-state index contributed by atoms with van der Waals surface area (Å²) >= 11 is 5.82. The summed E-state index contributed by atoms with van der Waals surface area (Å²) in [5, 5.41) is 0.558. The monoisotopic (exact) mass is 291 g/mol. The van der Waals surface area contributed by atoms with Crippen molar-refractivity contribution in [2.24, 2.45) is 11.7 Å². The lowest BCUT2D eigenvalue weighted by Gasteiger charge is -2.39. The number of H-pyrrole nitrogens is 1. The van der Waals surface area contributed by atoms with E-state index in [1.54, 1.807) is 12.3 Å². The molecule has 1 fully saturated rings. The number of carbonyl (C=O) groups is 1. The topological polar surface area (TPSA) is 62.1 Å². The Hall–Kier alpha value is -0.710. The van der Waals surface area contributed by atoms with Gasteiger partial charge in [-0.25, -0.2) is 0 Å². The van der Waals surface area contributed by atoms with E-state index in [1.807, 2.05) is 4.90 Å². The first-order valence-corrected chi connectivity index (χ1v) is 6.36. The van der Waals surface area contributed by atoms with Crippen LogP contribution in [0.2, 0.25) is 5.02 Å². The molecule has 3 N–H and O–H groups in total. The zero-order valence-electron chi connectivity index (χ0n) is 10.4. The van der Waals surface area contributed by atoms with E-state index in [4.69, 9.17) is 17.3 Å². The molecule has 0 spiro atoms. The molecule has 0 aliphatic carbocycles. The summed E-state index contributed by atoms with van der Waals surface area (Å²) in [6.07, 6.45) is 3.80. The minimum atomic E-state index is -0.00102. The quantitative estimate of drug-likeness (QED) is 0.878. The molecular weight excluding hydrogens is 273 g/mol. The molecule has 0 radical (unpaired) electrons. The highest BCUT2D eigenvalue weighted by atomic mass is 35.5. The van der Waals surface area contributed by atoms with E-state index in [1.165, 1.54) is 0 Å². The second-order valence-electron chi connectivity index (χ2n) is 4.65. The van der Waals surface area contributed by atoms with Crippen molar-refractivity contribution in [1.29, 1.82) is 0 Å². The molecule has 2 rings (SSSR count). The van der Waals surface area contributed by atoms with Crippen molar-refractivity contribution in [1.82, 2.24) is 9.88 Å². The standard InChI is InChI=1S/C12H18ClN3O.ClH/c1-8-3-2-4-16(11(8)6-14)12(17)10-5-9(13)7-15-10;/h5,7-8,11,15H,2-4,6,14H2,1H3;1H. The number of aromatic nitrogens is 1. The predicted molar refractivity (Wildman–Crippen MR) is 75.3 cm³/mol. The van der Waals surface area contributed by atoms with E-state index < -0.39 is 0 Å². The van der Waals surface area contributed by atoms with Gasteiger partial charge in [-0.3, -0.25) is 4.79 Å². The van der Waals surface area contributed by atoms with Crippen LogP contribution in [0.3, 0.4) is 0 Å². The highest BCUT2D eigenvalue weighted by molar-refractivity contribution is 6.30. The van der Waals surface area contributed by atoms with Crippen molar-refractivity contribution in [2.45, 2.75) is 25.8 Å². The van der Waals surface area contributed by atoms with E-state index in [0.29, 0.717) is 23.2 Å². The van der Waals surface area contributed by atoms with E-state index in [0.717, 1.165) is 19.4 Å². The Labute approximate surface area is 118 Å². The van der Waals surface area contributed by atoms with Gasteiger partial charge in [-0.15, -0.1) is 12.4 Å². The number of aromatic amines is 1. The van der Waals surface area contributed by atoms with Gasteiger partial charge in [0, 0.05) is 25.3 Å². The highest BCUT2D eigenvalue weighted by Gasteiger charge is 2.31. The number of hydrogen-bond acceptors (Lipinski definition) is 2. The predicted octanol–water partition coefficient (Wildman–Crippen LogP) is 2.29. The largest absolute Gasteiger partial charge is 0.356 e. The fourth-order valence-corrected chi connectivity index (χ4v) is 2.67. The van der Waals surface area contributed by atoms with Gasteiger partial charge in [0.25, 0.3) is 5.91 Å². The first kappa shape index (κ1) is 15.3. The van der Waals surface area contributed by atoms with Crippen LogP contribution in [-0.4, -0.2) is 34.9 Å². The van der Waals surface area contributed by atoms with Crippen molar-refractivity contribution in [3.8, 4) is 0 Å². The maximum atomic E-state index is 12.3. The molecule has 102 valence electrons. The number of piperidine rings is 1. The third kappa shape index (κ3) is 2.99. The second kappa shape index (κ2) is 6.45. The van der Waals surface area contributed by atoms with Gasteiger partial charge in [-0.1, -0.05) is 18.5 Å². The molecule has 1 amide bonds. The van der Waals surface area contributed by atoms with Crippen LogP contribution in [0.4, 0.5) is 0 Å². The van der Waals surface area contributed by atoms with E-state index in [2.05, 4.69) is 11.9 Å². The van der Waals surface area contributed by atoms with Crippen LogP contribution in [0.25, 0.3) is 0 Å². The Kier molecular flexibility index (Phi) is 5.50. The van der Waals surface area contributed by atoms with Crippen LogP contribution in [-0.2, 0) is 0 Å². The molecule has 2 unspecified atom stereocenters. The molecule has 1 aromatic heterocycles. The summed E-state index contributed by atoms with van der Waals surface area (Å²) in [6.45, 7) is 3.45. The Balaban J connectivity index is 0.00000162. The van der Waals surface area contributed by atoms with Gasteiger partial charge in [0.2, 0.25) is 0 Å². The molecule has 0 aromatic carbocycles. The van der Waals surface area contributed by atoms with Crippen LogP contribution in [0.15, 0.2) is 12.3 Å². The summed E-state index contributed by atoms with van der Waals surface area (Å²) in [5.41, 5.74) is 6.32. The Bertz CT molecular complexity index is 408. The van der Waals surface area contributed by atoms with E-state index >= 15 is 0 Å². The molecule has 1 saturated heterocycles. The molecule has 0 saturated carbocycles. The minimum Gasteiger partial charge on any atom is -0.356 e. The van der Waals surface area contributed by atoms with Gasteiger partial charge < -0.3 is 15.6 Å². The van der Waals surface area contributed by atoms with Crippen molar-refractivity contribution in [2.75, 3.05) is 13.1 Å². The van der Waals surface area contributed by atoms with Gasteiger partial charge in [-0.05, 0) is 24.8 Å². The molecule has 4 nitrogen and oxygen atoms in total. The fourth-order valence-electron chi connectivity index (χ4n) is 2.51. The first-order valence-electron chi connectivity index (χ1n) is 5.98. The molecule has 0 bridgehead atoms. The van der Waals surface area contributed by atoms with Crippen molar-refractivity contribution in [3.05, 3.63) is 23.0 Å². The van der Waals surface area contributed by atoms with Crippen LogP contribution in [0.5, 0.6) is 0 Å². The van der Waals surface area contributed by atoms with Gasteiger partial charge in [0.05, 0.1) is 5.02 Å². The summed E-state index contributed by atoms with van der Waals surface area (Å²) < 4.78 is 0. The average molecular weight is 292 g/mol. The normalized spacial score (nSPS) is 23.6. The average Bonchev–Trinajstić information content (AvgIpc) is 2.74. The Morgan fingerprint density at radius 2 is 2.39 bits per heavy atom. The first-order chi connectivity index (χ1) is 8.13. The van der Waals surface area contributed by atoms with Crippen LogP contribution < -0.4 is 5.73 Å². The van der Waals surface area contributed by atoms with Crippen molar-refractivity contribution >= 4 is 29.9 Å². The molecule has 1 aromatic rings. The number of carbonyl (C=O) groups excluding carboxylic acids is 1. The number of rotatable bonds is 2. The van der Waals surface area contributed by atoms with Crippen LogP contribution in [0, 0.1) is 5.92 Å². The molecule has 6 heteroatoms. The third-order valence-corrected chi connectivity index (χ3v) is 3.71. The molecule has 1 aliphatic heterocycles. The SMILES string of the molecule is CC1CCCN(C(=O)c2cc(Cl)c[nH]2)C1CN.Cl. The number of halogens is 2. The van der Waals surface area contributed by atoms with Crippen LogP contribution >= 0.6 is 24.0 Å². The summed E-state index contributed by atoms with van der Waals surface area (Å²) in [5.74, 6) is 0.460. The van der Waals surface area contributed by atoms with Gasteiger partial charge in [0.15, 0.2) is 0 Å². The molecular formula is C12H19Cl2N3O. The Morgan fingerprint density at radius 3 is 2.94 bits per heavy atom. The maximum absolute atomic E-state index is 12.3. The third-order valence-electron chi connectivity index (χ3n) is 3.50. The lowest BCUT2D eigenvalue weighted by Crippen LogP contribution is -2.51. The Morgan fingerprint density at radius 1 is 1.67 bits per heavy atom. The number of nitrogens with zero attached hydrogens (tertiary/aromatic N) is 1. The summed E-state index contributed by atoms with van der Waals surface area (Å²) in [4.78, 5) is 17.1. The summed E-state index contributed by atoms with van der Waals surface area (Å²) in [7, 11) is 0. The lowest BCUT2D eigenvalue weighted by atomic mass is 9.90. The zero-order valence-corrected chi connectivity index (χ0v) is 11.9.